The number of para-hydroxylation sites is 2. The van der Waals surface area contributed by atoms with Crippen LogP contribution in [0.25, 0.3) is 0 Å². The number of amides is 1. The highest BCUT2D eigenvalue weighted by Crippen LogP contribution is 2.39. The van der Waals surface area contributed by atoms with Crippen LogP contribution in [0.4, 0.5) is 5.69 Å². The Balaban J connectivity index is 1.94. The van der Waals surface area contributed by atoms with Crippen LogP contribution in [0.2, 0.25) is 0 Å². The number of anilines is 1. The van der Waals surface area contributed by atoms with Crippen LogP contribution in [0.5, 0.6) is 23.0 Å². The van der Waals surface area contributed by atoms with E-state index in [1.807, 2.05) is 57.2 Å². The zero-order valence-corrected chi connectivity index (χ0v) is 21.0. The number of guanidine groups is 1. The fourth-order valence-electron chi connectivity index (χ4n) is 3.34. The molecule has 0 unspecified atom stereocenters. The van der Waals surface area contributed by atoms with Crippen molar-refractivity contribution in [2.24, 2.45) is 4.99 Å². The summed E-state index contributed by atoms with van der Waals surface area (Å²) in [4.78, 5) is 22.0. The monoisotopic (exact) mass is 492 g/mol. The van der Waals surface area contributed by atoms with Gasteiger partial charge in [-0.2, -0.15) is 0 Å². The molecular formula is C27H32N4O5. The normalized spacial score (nSPS) is 10.9. The Morgan fingerprint density at radius 2 is 1.53 bits per heavy atom. The highest BCUT2D eigenvalue weighted by Gasteiger charge is 2.19. The molecule has 1 amide bonds. The molecule has 0 saturated carbocycles. The van der Waals surface area contributed by atoms with Gasteiger partial charge in [0.2, 0.25) is 11.7 Å². The minimum absolute atomic E-state index is 0.256. The number of nitrogens with one attached hydrogen (secondary N) is 2. The lowest BCUT2D eigenvalue weighted by Crippen LogP contribution is -2.36. The van der Waals surface area contributed by atoms with Crippen LogP contribution in [0.1, 0.15) is 36.7 Å². The van der Waals surface area contributed by atoms with E-state index in [4.69, 9.17) is 18.9 Å². The number of hydrogen-bond donors (Lipinski definition) is 2. The van der Waals surface area contributed by atoms with Crippen molar-refractivity contribution in [3.8, 4) is 23.0 Å². The fraction of sp³-hybridized carbons (Fsp3) is 0.296. The number of aromatic nitrogens is 1. The first-order valence-corrected chi connectivity index (χ1v) is 11.8. The molecule has 3 rings (SSSR count). The average molecular weight is 493 g/mol. The Morgan fingerprint density at radius 3 is 2.14 bits per heavy atom. The summed E-state index contributed by atoms with van der Waals surface area (Å²) in [7, 11) is 1.58. The quantitative estimate of drug-likeness (QED) is 0.296. The van der Waals surface area contributed by atoms with Crippen molar-refractivity contribution in [3.05, 3.63) is 72.1 Å². The number of methoxy groups -OCH3 is 1. The molecule has 0 aliphatic carbocycles. The third-order valence-electron chi connectivity index (χ3n) is 4.93. The molecule has 0 atom stereocenters. The van der Waals surface area contributed by atoms with Crippen molar-refractivity contribution >= 4 is 17.6 Å². The molecule has 0 fully saturated rings. The number of pyridine rings is 1. The van der Waals surface area contributed by atoms with Gasteiger partial charge in [-0.1, -0.05) is 12.1 Å². The fourth-order valence-corrected chi connectivity index (χ4v) is 3.34. The van der Waals surface area contributed by atoms with Crippen LogP contribution in [0.3, 0.4) is 0 Å². The number of aliphatic imine (C=N–C) groups is 1. The zero-order chi connectivity index (χ0) is 25.8. The molecule has 2 aromatic carbocycles. The van der Waals surface area contributed by atoms with Gasteiger partial charge in [-0.25, -0.2) is 4.99 Å². The van der Waals surface area contributed by atoms with Gasteiger partial charge in [-0.3, -0.25) is 15.1 Å². The van der Waals surface area contributed by atoms with E-state index in [0.29, 0.717) is 60.6 Å². The molecule has 0 radical (unpaired) electrons. The first-order chi connectivity index (χ1) is 17.6. The molecule has 2 N–H and O–H groups in total. The van der Waals surface area contributed by atoms with Gasteiger partial charge in [0.1, 0.15) is 5.75 Å². The SMILES string of the molecule is CCOc1cc(C(=O)NC(=NCc2ccncc2)Nc2ccccc2OC)cc(OCC)c1OCC. The molecule has 0 aliphatic heterocycles. The van der Waals surface area contributed by atoms with E-state index in [1.54, 1.807) is 31.6 Å². The highest BCUT2D eigenvalue weighted by atomic mass is 16.5. The Hall–Kier alpha value is -4.27. The summed E-state index contributed by atoms with van der Waals surface area (Å²) in [5.41, 5.74) is 1.94. The zero-order valence-electron chi connectivity index (χ0n) is 21.0. The first-order valence-electron chi connectivity index (χ1n) is 11.8. The van der Waals surface area contributed by atoms with Crippen molar-refractivity contribution in [2.45, 2.75) is 27.3 Å². The highest BCUT2D eigenvalue weighted by molar-refractivity contribution is 6.10. The molecule has 9 nitrogen and oxygen atoms in total. The van der Waals surface area contributed by atoms with Crippen molar-refractivity contribution in [1.82, 2.24) is 10.3 Å². The Labute approximate surface area is 211 Å². The van der Waals surface area contributed by atoms with Crippen LogP contribution in [-0.2, 0) is 6.54 Å². The van der Waals surface area contributed by atoms with E-state index in [0.717, 1.165) is 5.56 Å². The van der Waals surface area contributed by atoms with Crippen LogP contribution < -0.4 is 29.6 Å². The molecule has 190 valence electrons. The lowest BCUT2D eigenvalue weighted by molar-refractivity contribution is 0.0975. The lowest BCUT2D eigenvalue weighted by atomic mass is 10.1. The topological polar surface area (TPSA) is 103 Å². The number of ether oxygens (including phenoxy) is 4. The molecule has 0 aliphatic rings. The Morgan fingerprint density at radius 1 is 0.889 bits per heavy atom. The van der Waals surface area contributed by atoms with Crippen LogP contribution in [-0.4, -0.2) is 43.8 Å². The second kappa shape index (κ2) is 13.6. The second-order valence-electron chi connectivity index (χ2n) is 7.40. The number of benzene rings is 2. The molecule has 0 spiro atoms. The first kappa shape index (κ1) is 26.3. The predicted molar refractivity (Wildman–Crippen MR) is 139 cm³/mol. The molecule has 1 heterocycles. The van der Waals surface area contributed by atoms with E-state index in [1.165, 1.54) is 0 Å². The maximum atomic E-state index is 13.4. The maximum Gasteiger partial charge on any atom is 0.258 e. The van der Waals surface area contributed by atoms with Gasteiger partial charge in [0, 0.05) is 18.0 Å². The van der Waals surface area contributed by atoms with Gasteiger partial charge in [0.15, 0.2) is 11.5 Å². The predicted octanol–water partition coefficient (Wildman–Crippen LogP) is 4.68. The van der Waals surface area contributed by atoms with Crippen LogP contribution >= 0.6 is 0 Å². The molecular weight excluding hydrogens is 460 g/mol. The maximum absolute atomic E-state index is 13.4. The minimum atomic E-state index is -0.393. The smallest absolute Gasteiger partial charge is 0.258 e. The summed E-state index contributed by atoms with van der Waals surface area (Å²) >= 11 is 0. The van der Waals surface area contributed by atoms with Gasteiger partial charge in [0.05, 0.1) is 39.2 Å². The third-order valence-corrected chi connectivity index (χ3v) is 4.93. The van der Waals surface area contributed by atoms with Gasteiger partial charge in [-0.05, 0) is 62.7 Å². The summed E-state index contributed by atoms with van der Waals surface area (Å²) in [5.74, 6) is 1.81. The summed E-state index contributed by atoms with van der Waals surface area (Å²) < 4.78 is 22.7. The van der Waals surface area contributed by atoms with Crippen LogP contribution in [0.15, 0.2) is 65.9 Å². The van der Waals surface area contributed by atoms with Gasteiger partial charge < -0.3 is 24.3 Å². The number of nitrogens with zero attached hydrogens (tertiary/aromatic N) is 2. The number of carbonyl (C=O) groups is 1. The molecule has 0 bridgehead atoms. The van der Waals surface area contributed by atoms with Crippen molar-refractivity contribution in [3.63, 3.8) is 0 Å². The molecule has 1 aromatic heterocycles. The molecule has 0 saturated heterocycles. The Kier molecular flexibility index (Phi) is 9.93. The third kappa shape index (κ3) is 7.11. The lowest BCUT2D eigenvalue weighted by Gasteiger charge is -2.18. The number of hydrogen-bond acceptors (Lipinski definition) is 7. The van der Waals surface area contributed by atoms with Crippen molar-refractivity contribution in [2.75, 3.05) is 32.2 Å². The van der Waals surface area contributed by atoms with Gasteiger partial charge >= 0.3 is 0 Å². The van der Waals surface area contributed by atoms with E-state index in [-0.39, 0.29) is 5.96 Å². The summed E-state index contributed by atoms with van der Waals surface area (Å²) in [5, 5.41) is 6.04. The van der Waals surface area contributed by atoms with E-state index in [2.05, 4.69) is 20.6 Å². The van der Waals surface area contributed by atoms with Crippen molar-refractivity contribution in [1.29, 1.82) is 0 Å². The van der Waals surface area contributed by atoms with E-state index >= 15 is 0 Å². The van der Waals surface area contributed by atoms with Gasteiger partial charge in [0.25, 0.3) is 5.91 Å². The van der Waals surface area contributed by atoms with E-state index in [9.17, 15) is 4.79 Å². The molecule has 36 heavy (non-hydrogen) atoms. The standard InChI is InChI=1S/C27H32N4O5/c1-5-34-23-16-20(17-24(35-6-2)25(23)36-7-3)26(32)31-27(29-18-19-12-14-28-15-13-19)30-21-10-8-9-11-22(21)33-4/h8-17H,5-7,18H2,1-4H3,(H2,29,30,31,32). The summed E-state index contributed by atoms with van der Waals surface area (Å²) in [6.45, 7) is 7.18. The number of carbonyl (C=O) groups excluding carboxylic acids is 1. The molecule has 9 heteroatoms. The second-order valence-corrected chi connectivity index (χ2v) is 7.40. The average Bonchev–Trinajstić information content (AvgIpc) is 2.90. The van der Waals surface area contributed by atoms with Crippen molar-refractivity contribution < 1.29 is 23.7 Å². The van der Waals surface area contributed by atoms with Gasteiger partial charge in [-0.15, -0.1) is 0 Å². The Bertz CT molecular complexity index is 1140. The minimum Gasteiger partial charge on any atom is -0.495 e. The summed E-state index contributed by atoms with van der Waals surface area (Å²) in [6.07, 6.45) is 3.39. The largest absolute Gasteiger partial charge is 0.495 e. The number of rotatable bonds is 11. The van der Waals surface area contributed by atoms with Crippen LogP contribution in [0, 0.1) is 0 Å². The summed E-state index contributed by atoms with van der Waals surface area (Å²) in [6, 6.07) is 14.4. The van der Waals surface area contributed by atoms with E-state index < -0.39 is 5.91 Å². The molecule has 3 aromatic rings.